The zero-order chi connectivity index (χ0) is 21.8. The summed E-state index contributed by atoms with van der Waals surface area (Å²) in [5.74, 6) is 6.74. The summed E-state index contributed by atoms with van der Waals surface area (Å²) in [5, 5.41) is 3.12. The van der Waals surface area contributed by atoms with E-state index in [4.69, 9.17) is 11.5 Å². The van der Waals surface area contributed by atoms with Gasteiger partial charge in [0.05, 0.1) is 17.0 Å². The lowest BCUT2D eigenvalue weighted by molar-refractivity contribution is 0.0938. The number of nitrogen functional groups attached to an aromatic ring is 2. The van der Waals surface area contributed by atoms with E-state index in [2.05, 4.69) is 32.1 Å². The number of nitrogens with zero attached hydrogens (tertiary/aromatic N) is 3. The van der Waals surface area contributed by atoms with Crippen LogP contribution in [0.2, 0.25) is 0 Å². The molecule has 31 heavy (non-hydrogen) atoms. The van der Waals surface area contributed by atoms with E-state index in [0.717, 1.165) is 36.8 Å². The summed E-state index contributed by atoms with van der Waals surface area (Å²) in [6.45, 7) is 1.84. The van der Waals surface area contributed by atoms with Gasteiger partial charge < -0.3 is 16.8 Å². The Morgan fingerprint density at radius 1 is 1.10 bits per heavy atom. The lowest BCUT2D eigenvalue weighted by Crippen LogP contribution is -2.32. The number of benzene rings is 1. The smallest absolute Gasteiger partial charge is 0.251 e. The second-order valence-corrected chi connectivity index (χ2v) is 7.65. The van der Waals surface area contributed by atoms with E-state index >= 15 is 0 Å². The third-order valence-electron chi connectivity index (χ3n) is 5.31. The van der Waals surface area contributed by atoms with E-state index in [1.807, 2.05) is 25.1 Å². The maximum atomic E-state index is 12.7. The number of nitrogens with one attached hydrogen (secondary N) is 1. The number of amides is 1. The summed E-state index contributed by atoms with van der Waals surface area (Å²) in [5.41, 5.74) is 15.5. The van der Waals surface area contributed by atoms with Crippen LogP contribution >= 0.6 is 0 Å². The van der Waals surface area contributed by atoms with Crippen molar-refractivity contribution in [2.45, 2.75) is 38.6 Å². The minimum atomic E-state index is -0.0758. The highest BCUT2D eigenvalue weighted by molar-refractivity contribution is 5.95. The molecule has 0 bridgehead atoms. The molecule has 1 aliphatic rings. The van der Waals surface area contributed by atoms with Crippen molar-refractivity contribution in [1.82, 2.24) is 20.3 Å². The first-order valence-electron chi connectivity index (χ1n) is 10.3. The van der Waals surface area contributed by atoms with E-state index in [1.165, 1.54) is 0 Å². The second kappa shape index (κ2) is 8.84. The van der Waals surface area contributed by atoms with Crippen molar-refractivity contribution < 1.29 is 4.79 Å². The number of aromatic nitrogens is 3. The van der Waals surface area contributed by atoms with Gasteiger partial charge >= 0.3 is 0 Å². The largest absolute Gasteiger partial charge is 0.384 e. The Bertz CT molecular complexity index is 1170. The first kappa shape index (κ1) is 20.4. The lowest BCUT2D eigenvalue weighted by atomic mass is 10.0. The summed E-state index contributed by atoms with van der Waals surface area (Å²) >= 11 is 0. The first-order valence-corrected chi connectivity index (χ1v) is 10.3. The minimum Gasteiger partial charge on any atom is -0.384 e. The molecular formula is C24H24N6O. The van der Waals surface area contributed by atoms with Crippen molar-refractivity contribution >= 4 is 17.7 Å². The fraction of sp³-hybridized carbons (Fsp3) is 0.250. The van der Waals surface area contributed by atoms with Crippen molar-refractivity contribution in [2.75, 3.05) is 11.5 Å². The van der Waals surface area contributed by atoms with Gasteiger partial charge in [0, 0.05) is 28.9 Å². The number of carbonyl (C=O) groups excluding carboxylic acids is 1. The van der Waals surface area contributed by atoms with Gasteiger partial charge in [0.1, 0.15) is 5.82 Å². The van der Waals surface area contributed by atoms with Crippen LogP contribution in [-0.2, 0) is 0 Å². The zero-order valence-electron chi connectivity index (χ0n) is 17.4. The molecule has 1 aromatic carbocycles. The van der Waals surface area contributed by atoms with Gasteiger partial charge in [-0.15, -0.1) is 0 Å². The predicted molar refractivity (Wildman–Crippen MR) is 121 cm³/mol. The minimum absolute atomic E-state index is 0.0758. The number of hydrogen-bond donors (Lipinski definition) is 3. The third-order valence-corrected chi connectivity index (χ3v) is 5.31. The van der Waals surface area contributed by atoms with Gasteiger partial charge in [-0.25, -0.2) is 15.0 Å². The molecule has 2 heterocycles. The number of aryl methyl sites for hydroxylation is 1. The van der Waals surface area contributed by atoms with Gasteiger partial charge in [-0.2, -0.15) is 0 Å². The molecule has 0 radical (unpaired) electrons. The summed E-state index contributed by atoms with van der Waals surface area (Å²) in [7, 11) is 0. The molecule has 0 unspecified atom stereocenters. The molecule has 0 atom stereocenters. The normalized spacial score (nSPS) is 13.5. The molecule has 0 aliphatic heterocycles. The fourth-order valence-electron chi connectivity index (χ4n) is 3.71. The number of rotatable bonds is 3. The number of hydrogen-bond acceptors (Lipinski definition) is 6. The number of nitrogens with two attached hydrogens (primary N) is 2. The van der Waals surface area contributed by atoms with E-state index in [1.54, 1.807) is 24.4 Å². The van der Waals surface area contributed by atoms with Crippen LogP contribution in [0.1, 0.15) is 52.9 Å². The molecule has 1 fully saturated rings. The standard InChI is InChI=1S/C24H24N6O/c1-15-20(11-9-16-10-12-21(25)27-14-16)22(30-24(26)28-15)17-5-4-6-18(13-17)23(31)29-19-7-2-3-8-19/h4-6,10,12-14,19H,2-3,7-8H2,1H3,(H2,25,27)(H,29,31)(H2,26,28,30). The average molecular weight is 412 g/mol. The van der Waals surface area contributed by atoms with Crippen LogP contribution in [0, 0.1) is 18.8 Å². The zero-order valence-corrected chi connectivity index (χ0v) is 17.4. The Balaban J connectivity index is 1.69. The van der Waals surface area contributed by atoms with Crippen LogP contribution in [-0.4, -0.2) is 26.9 Å². The number of carbonyl (C=O) groups is 1. The molecule has 156 valence electrons. The van der Waals surface area contributed by atoms with E-state index in [0.29, 0.717) is 28.3 Å². The van der Waals surface area contributed by atoms with Crippen LogP contribution in [0.5, 0.6) is 0 Å². The highest BCUT2D eigenvalue weighted by Gasteiger charge is 2.19. The van der Waals surface area contributed by atoms with Gasteiger partial charge in [-0.1, -0.05) is 36.8 Å². The van der Waals surface area contributed by atoms with Gasteiger partial charge in [0.25, 0.3) is 5.91 Å². The molecule has 1 amide bonds. The van der Waals surface area contributed by atoms with E-state index in [9.17, 15) is 4.79 Å². The Morgan fingerprint density at radius 3 is 2.65 bits per heavy atom. The van der Waals surface area contributed by atoms with Crippen LogP contribution in [0.3, 0.4) is 0 Å². The van der Waals surface area contributed by atoms with E-state index in [-0.39, 0.29) is 17.9 Å². The summed E-state index contributed by atoms with van der Waals surface area (Å²) < 4.78 is 0. The topological polar surface area (TPSA) is 120 Å². The maximum absolute atomic E-state index is 12.7. The molecule has 0 saturated heterocycles. The lowest BCUT2D eigenvalue weighted by Gasteiger charge is -2.13. The number of anilines is 2. The van der Waals surface area contributed by atoms with Crippen LogP contribution in [0.25, 0.3) is 11.3 Å². The van der Waals surface area contributed by atoms with Crippen molar-refractivity contribution in [3.05, 3.63) is 65.0 Å². The molecule has 2 aromatic heterocycles. The van der Waals surface area contributed by atoms with E-state index < -0.39 is 0 Å². The molecule has 7 heteroatoms. The molecule has 4 rings (SSSR count). The van der Waals surface area contributed by atoms with Gasteiger partial charge in [-0.3, -0.25) is 4.79 Å². The molecule has 1 saturated carbocycles. The van der Waals surface area contributed by atoms with Gasteiger partial charge in [-0.05, 0) is 44.0 Å². The Kier molecular flexibility index (Phi) is 5.80. The Morgan fingerprint density at radius 2 is 1.90 bits per heavy atom. The Hall–Kier alpha value is -3.92. The summed E-state index contributed by atoms with van der Waals surface area (Å²) in [6.07, 6.45) is 6.01. The fourth-order valence-corrected chi connectivity index (χ4v) is 3.71. The summed E-state index contributed by atoms with van der Waals surface area (Å²) in [6, 6.07) is 11.1. The molecule has 5 N–H and O–H groups in total. The molecular weight excluding hydrogens is 388 g/mol. The highest BCUT2D eigenvalue weighted by Crippen LogP contribution is 2.25. The third kappa shape index (κ3) is 4.81. The highest BCUT2D eigenvalue weighted by atomic mass is 16.1. The predicted octanol–water partition coefficient (Wildman–Crippen LogP) is 3.08. The van der Waals surface area contributed by atoms with Crippen molar-refractivity contribution in [1.29, 1.82) is 0 Å². The second-order valence-electron chi connectivity index (χ2n) is 7.65. The van der Waals surface area contributed by atoms with Crippen molar-refractivity contribution in [2.24, 2.45) is 0 Å². The summed E-state index contributed by atoms with van der Waals surface area (Å²) in [4.78, 5) is 25.5. The molecule has 0 spiro atoms. The maximum Gasteiger partial charge on any atom is 0.251 e. The van der Waals surface area contributed by atoms with Crippen molar-refractivity contribution in [3.63, 3.8) is 0 Å². The molecule has 1 aliphatic carbocycles. The van der Waals surface area contributed by atoms with Crippen LogP contribution in [0.15, 0.2) is 42.6 Å². The SMILES string of the molecule is Cc1nc(N)nc(-c2cccc(C(=O)NC3CCCC3)c2)c1C#Cc1ccc(N)nc1. The van der Waals surface area contributed by atoms with Gasteiger partial charge in [0.2, 0.25) is 5.95 Å². The number of pyridine rings is 1. The quantitative estimate of drug-likeness (QED) is 0.569. The van der Waals surface area contributed by atoms with Crippen LogP contribution in [0.4, 0.5) is 11.8 Å². The van der Waals surface area contributed by atoms with Crippen LogP contribution < -0.4 is 16.8 Å². The van der Waals surface area contributed by atoms with Gasteiger partial charge in [0.15, 0.2) is 0 Å². The first-order chi connectivity index (χ1) is 15.0. The molecule has 3 aromatic rings. The monoisotopic (exact) mass is 412 g/mol. The average Bonchev–Trinajstić information content (AvgIpc) is 3.27. The molecule has 7 nitrogen and oxygen atoms in total. The van der Waals surface area contributed by atoms with Crippen molar-refractivity contribution in [3.8, 4) is 23.1 Å². The Labute approximate surface area is 181 Å².